The fourth-order valence-electron chi connectivity index (χ4n) is 3.65. The lowest BCUT2D eigenvalue weighted by Gasteiger charge is -2.19. The molecule has 2 N–H and O–H groups in total. The molecule has 1 atom stereocenters. The summed E-state index contributed by atoms with van der Waals surface area (Å²) >= 11 is 6.38. The molecule has 0 saturated heterocycles. The Balaban J connectivity index is 1.70. The van der Waals surface area contributed by atoms with E-state index in [0.29, 0.717) is 27.4 Å². The van der Waals surface area contributed by atoms with Crippen LogP contribution in [0.3, 0.4) is 0 Å². The number of anilines is 1. The maximum atomic E-state index is 13.5. The molecule has 7 nitrogen and oxygen atoms in total. The van der Waals surface area contributed by atoms with Crippen molar-refractivity contribution in [1.29, 1.82) is 0 Å². The summed E-state index contributed by atoms with van der Waals surface area (Å²) in [6, 6.07) is 16.7. The summed E-state index contributed by atoms with van der Waals surface area (Å²) in [7, 11) is 0. The molecule has 0 spiro atoms. The molecule has 148 valence electrons. The van der Waals surface area contributed by atoms with Gasteiger partial charge in [-0.25, -0.2) is 15.0 Å². The molecular formula is C22H17ClN6O. The molecule has 0 amide bonds. The number of rotatable bonds is 4. The quantitative estimate of drug-likeness (QED) is 0.436. The number of imidazole rings is 1. The van der Waals surface area contributed by atoms with Gasteiger partial charge in [0.15, 0.2) is 17.3 Å². The number of benzene rings is 2. The minimum atomic E-state index is -0.254. The molecule has 5 aromatic rings. The van der Waals surface area contributed by atoms with Crippen molar-refractivity contribution in [1.82, 2.24) is 19.9 Å². The van der Waals surface area contributed by atoms with Crippen molar-refractivity contribution < 1.29 is 9.67 Å². The lowest BCUT2D eigenvalue weighted by atomic mass is 10.1. The summed E-state index contributed by atoms with van der Waals surface area (Å²) in [5, 5.41) is 18.6. The molecular weight excluding hydrogens is 400 g/mol. The first-order chi connectivity index (χ1) is 14.6. The van der Waals surface area contributed by atoms with Gasteiger partial charge in [0, 0.05) is 18.2 Å². The van der Waals surface area contributed by atoms with E-state index in [1.165, 1.54) is 6.33 Å². The van der Waals surface area contributed by atoms with Gasteiger partial charge in [-0.15, -0.1) is 0 Å². The van der Waals surface area contributed by atoms with Crippen LogP contribution in [0.2, 0.25) is 5.02 Å². The van der Waals surface area contributed by atoms with Crippen LogP contribution in [0.25, 0.3) is 27.6 Å². The van der Waals surface area contributed by atoms with Gasteiger partial charge in [-0.2, -0.15) is 4.57 Å². The number of aromatic nitrogens is 5. The molecule has 0 aliphatic rings. The average molecular weight is 417 g/mol. The van der Waals surface area contributed by atoms with Gasteiger partial charge in [0.05, 0.1) is 16.7 Å². The second-order valence-electron chi connectivity index (χ2n) is 6.94. The van der Waals surface area contributed by atoms with E-state index in [1.807, 2.05) is 55.5 Å². The Morgan fingerprint density at radius 2 is 1.90 bits per heavy atom. The summed E-state index contributed by atoms with van der Waals surface area (Å²) in [5.41, 5.74) is 2.83. The molecule has 0 radical (unpaired) electrons. The highest BCUT2D eigenvalue weighted by molar-refractivity contribution is 6.35. The zero-order valence-corrected chi connectivity index (χ0v) is 16.8. The molecule has 3 heterocycles. The maximum Gasteiger partial charge on any atom is 0.210 e. The van der Waals surface area contributed by atoms with E-state index < -0.39 is 0 Å². The van der Waals surface area contributed by atoms with Crippen molar-refractivity contribution in [2.24, 2.45) is 0 Å². The molecule has 0 unspecified atom stereocenters. The standard InChI is InChI=1S/C22H16ClN6O/c1-13(28-21-19-20(25-11-24-19)26-12-27-21)17-10-14-6-5-9-16(23)18(14)22(30)29(17)15-7-3-2-4-8-15/h2-13H,1H3,(H-,24,25,26,27,28)/q-1/p+1/t13-/m0/s1. The zero-order chi connectivity index (χ0) is 20.7. The van der Waals surface area contributed by atoms with Crippen LogP contribution in [0.4, 0.5) is 5.82 Å². The van der Waals surface area contributed by atoms with Gasteiger partial charge in [-0.1, -0.05) is 41.9 Å². The monoisotopic (exact) mass is 416 g/mol. The number of halogens is 1. The van der Waals surface area contributed by atoms with Gasteiger partial charge >= 0.3 is 0 Å². The van der Waals surface area contributed by atoms with Crippen molar-refractivity contribution in [2.75, 3.05) is 5.32 Å². The van der Waals surface area contributed by atoms with Crippen molar-refractivity contribution in [2.45, 2.75) is 13.0 Å². The smallest absolute Gasteiger partial charge is 0.210 e. The third-order valence-electron chi connectivity index (χ3n) is 5.05. The molecule has 0 fully saturated rings. The van der Waals surface area contributed by atoms with E-state index in [-0.39, 0.29) is 11.9 Å². The van der Waals surface area contributed by atoms with E-state index in [4.69, 9.17) is 11.6 Å². The third kappa shape index (κ3) is 3.00. The Morgan fingerprint density at radius 1 is 1.07 bits per heavy atom. The summed E-state index contributed by atoms with van der Waals surface area (Å²) in [6.07, 6.45) is 3.05. The Bertz CT molecular complexity index is 1370. The molecule has 0 aliphatic carbocycles. The summed E-state index contributed by atoms with van der Waals surface area (Å²) in [4.78, 5) is 15.8. The normalized spacial score (nSPS) is 12.3. The maximum absolute atomic E-state index is 13.5. The van der Waals surface area contributed by atoms with Crippen LogP contribution in [0.1, 0.15) is 18.7 Å². The van der Waals surface area contributed by atoms with E-state index >= 15 is 0 Å². The van der Waals surface area contributed by atoms with Crippen molar-refractivity contribution in [3.05, 3.63) is 78.0 Å². The van der Waals surface area contributed by atoms with E-state index in [1.54, 1.807) is 17.0 Å². The molecule has 0 aliphatic heterocycles. The Morgan fingerprint density at radius 3 is 2.73 bits per heavy atom. The largest absolute Gasteiger partial charge is 0.822 e. The van der Waals surface area contributed by atoms with E-state index in [0.717, 1.165) is 16.8 Å². The molecule has 5 rings (SSSR count). The predicted molar refractivity (Wildman–Crippen MR) is 114 cm³/mol. The van der Waals surface area contributed by atoms with Crippen molar-refractivity contribution in [3.8, 4) is 11.6 Å². The number of H-pyrrole nitrogens is 1. The highest BCUT2D eigenvalue weighted by atomic mass is 35.5. The Labute approximate surface area is 177 Å². The van der Waals surface area contributed by atoms with E-state index in [2.05, 4.69) is 25.3 Å². The lowest BCUT2D eigenvalue weighted by Crippen LogP contribution is -2.41. The van der Waals surface area contributed by atoms with Gasteiger partial charge in [-0.05, 0) is 18.4 Å². The van der Waals surface area contributed by atoms with Crippen molar-refractivity contribution >= 4 is 39.4 Å². The highest BCUT2D eigenvalue weighted by Gasteiger charge is 2.25. The minimum absolute atomic E-state index is 0.166. The van der Waals surface area contributed by atoms with Crippen molar-refractivity contribution in [3.63, 3.8) is 0 Å². The SMILES string of the molecule is C[C@H](Nc1ncnc2[nH]cnc12)c1cc2cccc(Cl)c2c([O-])[n+]1-c1ccccc1. The number of pyridine rings is 1. The Hall–Kier alpha value is -3.71. The third-order valence-corrected chi connectivity index (χ3v) is 5.37. The zero-order valence-electron chi connectivity index (χ0n) is 16.0. The van der Waals surface area contributed by atoms with Crippen LogP contribution in [0, 0.1) is 0 Å². The first-order valence-electron chi connectivity index (χ1n) is 9.43. The van der Waals surface area contributed by atoms with Gasteiger partial charge < -0.3 is 15.4 Å². The number of nitrogens with one attached hydrogen (secondary N) is 2. The van der Waals surface area contributed by atoms with Crippen LogP contribution in [0.15, 0.2) is 67.3 Å². The first-order valence-corrected chi connectivity index (χ1v) is 9.81. The lowest BCUT2D eigenvalue weighted by molar-refractivity contribution is -0.656. The number of hydrogen-bond donors (Lipinski definition) is 2. The fraction of sp³-hybridized carbons (Fsp3) is 0.0909. The van der Waals surface area contributed by atoms with Crippen LogP contribution in [-0.4, -0.2) is 19.9 Å². The summed E-state index contributed by atoms with van der Waals surface area (Å²) in [5.74, 6) is 0.424. The second-order valence-corrected chi connectivity index (χ2v) is 7.34. The van der Waals surface area contributed by atoms with Gasteiger partial charge in [0.1, 0.15) is 17.9 Å². The van der Waals surface area contributed by atoms with Crippen LogP contribution < -0.4 is 15.0 Å². The second kappa shape index (κ2) is 7.27. The number of fused-ring (bicyclic) bond motifs is 2. The van der Waals surface area contributed by atoms with E-state index in [9.17, 15) is 5.11 Å². The first kappa shape index (κ1) is 18.3. The summed E-state index contributed by atoms with van der Waals surface area (Å²) < 4.78 is 1.69. The number of aromatic amines is 1. The number of para-hydroxylation sites is 1. The summed E-state index contributed by atoms with van der Waals surface area (Å²) in [6.45, 7) is 1.98. The predicted octanol–water partition coefficient (Wildman–Crippen LogP) is 3.68. The molecule has 2 aromatic carbocycles. The number of hydrogen-bond acceptors (Lipinski definition) is 5. The van der Waals surface area contributed by atoms with Gasteiger partial charge in [0.2, 0.25) is 11.4 Å². The molecule has 30 heavy (non-hydrogen) atoms. The fourth-order valence-corrected chi connectivity index (χ4v) is 3.91. The van der Waals surface area contributed by atoms with Crippen LogP contribution in [0.5, 0.6) is 5.88 Å². The number of nitrogens with zero attached hydrogens (tertiary/aromatic N) is 4. The highest BCUT2D eigenvalue weighted by Crippen LogP contribution is 2.31. The molecule has 8 heteroatoms. The minimum Gasteiger partial charge on any atom is -0.822 e. The van der Waals surface area contributed by atoms with Gasteiger partial charge in [0.25, 0.3) is 0 Å². The molecule has 3 aromatic heterocycles. The van der Waals surface area contributed by atoms with Gasteiger partial charge in [-0.3, -0.25) is 0 Å². The van der Waals surface area contributed by atoms with Crippen LogP contribution in [-0.2, 0) is 0 Å². The van der Waals surface area contributed by atoms with Crippen LogP contribution >= 0.6 is 11.6 Å². The molecule has 0 bridgehead atoms. The Kier molecular flexibility index (Phi) is 4.44. The molecule has 0 saturated carbocycles. The topological polar surface area (TPSA) is 93.4 Å². The average Bonchev–Trinajstić information content (AvgIpc) is 3.24.